The third-order valence-electron chi connectivity index (χ3n) is 1.75. The van der Waals surface area contributed by atoms with Crippen molar-refractivity contribution in [1.82, 2.24) is 4.57 Å². The molecule has 1 aromatic rings. The van der Waals surface area contributed by atoms with Gasteiger partial charge in [-0.3, -0.25) is 5.41 Å². The number of rotatable bonds is 1. The van der Waals surface area contributed by atoms with Crippen LogP contribution in [0.15, 0.2) is 16.7 Å². The summed E-state index contributed by atoms with van der Waals surface area (Å²) in [6, 6.07) is 0.911. The molecule has 0 atom stereocenters. The fraction of sp³-hybridized carbons (Fsp3) is 0.375. The van der Waals surface area contributed by atoms with Crippen LogP contribution in [0.3, 0.4) is 0 Å². The fourth-order valence-corrected chi connectivity index (χ4v) is 1.55. The molecule has 1 N–H and O–H groups in total. The SMILES string of the molecule is CCn1cc(Br)cc(C(F)(F)F)c1=N. The van der Waals surface area contributed by atoms with Crippen molar-refractivity contribution in [1.29, 1.82) is 5.41 Å². The van der Waals surface area contributed by atoms with E-state index in [0.29, 0.717) is 11.0 Å². The Labute approximate surface area is 87.0 Å². The Kier molecular flexibility index (Phi) is 3.04. The maximum Gasteiger partial charge on any atom is 0.419 e. The molecular formula is C8H8BrF3N2. The molecule has 0 spiro atoms. The highest BCUT2D eigenvalue weighted by Crippen LogP contribution is 2.27. The number of alkyl halides is 3. The molecule has 0 aliphatic carbocycles. The van der Waals surface area contributed by atoms with Crippen molar-refractivity contribution in [2.45, 2.75) is 19.6 Å². The molecule has 0 radical (unpaired) electrons. The average molecular weight is 269 g/mol. The summed E-state index contributed by atoms with van der Waals surface area (Å²) in [7, 11) is 0. The van der Waals surface area contributed by atoms with Gasteiger partial charge in [-0.05, 0) is 28.9 Å². The minimum Gasteiger partial charge on any atom is -0.332 e. The molecule has 0 bridgehead atoms. The number of hydrogen-bond acceptors (Lipinski definition) is 1. The summed E-state index contributed by atoms with van der Waals surface area (Å²) in [5.41, 5.74) is -1.43. The first-order valence-corrected chi connectivity index (χ1v) is 4.67. The van der Waals surface area contributed by atoms with E-state index in [2.05, 4.69) is 15.9 Å². The molecule has 0 fully saturated rings. The first-order valence-electron chi connectivity index (χ1n) is 3.88. The zero-order valence-electron chi connectivity index (χ0n) is 7.32. The lowest BCUT2D eigenvalue weighted by atomic mass is 10.2. The lowest BCUT2D eigenvalue weighted by Gasteiger charge is -2.11. The summed E-state index contributed by atoms with van der Waals surface area (Å²) in [4.78, 5) is 0. The van der Waals surface area contributed by atoms with E-state index >= 15 is 0 Å². The number of pyridine rings is 1. The van der Waals surface area contributed by atoms with Gasteiger partial charge in [0.2, 0.25) is 0 Å². The molecule has 1 aromatic heterocycles. The molecule has 0 saturated carbocycles. The second-order valence-electron chi connectivity index (χ2n) is 2.70. The van der Waals surface area contributed by atoms with Gasteiger partial charge in [0.1, 0.15) is 5.49 Å². The van der Waals surface area contributed by atoms with Gasteiger partial charge in [-0.1, -0.05) is 0 Å². The van der Waals surface area contributed by atoms with E-state index in [1.807, 2.05) is 0 Å². The van der Waals surface area contributed by atoms with Crippen molar-refractivity contribution >= 4 is 15.9 Å². The number of aryl methyl sites for hydroxylation is 1. The Balaban J connectivity index is 3.45. The molecule has 78 valence electrons. The first kappa shape index (κ1) is 11.3. The van der Waals surface area contributed by atoms with Crippen LogP contribution in [0.4, 0.5) is 13.2 Å². The minimum absolute atomic E-state index is 0.322. The minimum atomic E-state index is -4.47. The monoisotopic (exact) mass is 268 g/mol. The van der Waals surface area contributed by atoms with Gasteiger partial charge >= 0.3 is 6.18 Å². The molecule has 1 heterocycles. The molecule has 0 aliphatic rings. The molecule has 1 rings (SSSR count). The summed E-state index contributed by atoms with van der Waals surface area (Å²) in [6.45, 7) is 2.02. The largest absolute Gasteiger partial charge is 0.419 e. The number of halogens is 4. The van der Waals surface area contributed by atoms with Crippen LogP contribution >= 0.6 is 15.9 Å². The lowest BCUT2D eigenvalue weighted by molar-refractivity contribution is -0.139. The summed E-state index contributed by atoms with van der Waals surface area (Å²) in [5, 5.41) is 7.32. The molecular weight excluding hydrogens is 261 g/mol. The zero-order valence-corrected chi connectivity index (χ0v) is 8.91. The van der Waals surface area contributed by atoms with Gasteiger partial charge in [-0.2, -0.15) is 13.2 Å². The molecule has 0 aliphatic heterocycles. The zero-order chi connectivity index (χ0) is 10.9. The van der Waals surface area contributed by atoms with Crippen LogP contribution < -0.4 is 5.49 Å². The number of nitrogens with one attached hydrogen (secondary N) is 1. The highest BCUT2D eigenvalue weighted by molar-refractivity contribution is 9.10. The maximum absolute atomic E-state index is 12.4. The van der Waals surface area contributed by atoms with Crippen LogP contribution in [0.1, 0.15) is 12.5 Å². The molecule has 2 nitrogen and oxygen atoms in total. The van der Waals surface area contributed by atoms with Gasteiger partial charge in [0.15, 0.2) is 0 Å². The Morgan fingerprint density at radius 1 is 1.50 bits per heavy atom. The normalized spacial score (nSPS) is 11.8. The van der Waals surface area contributed by atoms with Gasteiger partial charge in [-0.15, -0.1) is 0 Å². The van der Waals surface area contributed by atoms with Crippen molar-refractivity contribution in [2.24, 2.45) is 0 Å². The predicted molar refractivity (Wildman–Crippen MR) is 48.7 cm³/mol. The molecule has 0 unspecified atom stereocenters. The lowest BCUT2D eigenvalue weighted by Crippen LogP contribution is -2.28. The molecule has 0 saturated heterocycles. The molecule has 14 heavy (non-hydrogen) atoms. The van der Waals surface area contributed by atoms with Crippen molar-refractivity contribution in [3.8, 4) is 0 Å². The van der Waals surface area contributed by atoms with Gasteiger partial charge in [0, 0.05) is 17.2 Å². The van der Waals surface area contributed by atoms with Gasteiger partial charge in [-0.25, -0.2) is 0 Å². The van der Waals surface area contributed by atoms with Gasteiger partial charge in [0.25, 0.3) is 0 Å². The Morgan fingerprint density at radius 3 is 2.50 bits per heavy atom. The van der Waals surface area contributed by atoms with Crippen LogP contribution in [0.5, 0.6) is 0 Å². The van der Waals surface area contributed by atoms with Crippen molar-refractivity contribution in [3.63, 3.8) is 0 Å². The van der Waals surface area contributed by atoms with E-state index in [4.69, 9.17) is 5.41 Å². The smallest absolute Gasteiger partial charge is 0.332 e. The topological polar surface area (TPSA) is 28.8 Å². The second-order valence-corrected chi connectivity index (χ2v) is 3.62. The summed E-state index contributed by atoms with van der Waals surface area (Å²) in [5.74, 6) is 0. The average Bonchev–Trinajstić information content (AvgIpc) is 2.06. The summed E-state index contributed by atoms with van der Waals surface area (Å²) in [6.07, 6.45) is -3.02. The molecule has 6 heteroatoms. The van der Waals surface area contributed by atoms with E-state index in [1.165, 1.54) is 10.8 Å². The van der Waals surface area contributed by atoms with E-state index < -0.39 is 17.2 Å². The van der Waals surface area contributed by atoms with Crippen LogP contribution in [-0.2, 0) is 12.7 Å². The van der Waals surface area contributed by atoms with Crippen molar-refractivity contribution in [3.05, 3.63) is 27.8 Å². The summed E-state index contributed by atoms with van der Waals surface area (Å²) >= 11 is 2.98. The highest BCUT2D eigenvalue weighted by Gasteiger charge is 2.33. The Morgan fingerprint density at radius 2 is 2.07 bits per heavy atom. The number of aromatic nitrogens is 1. The maximum atomic E-state index is 12.4. The van der Waals surface area contributed by atoms with Crippen LogP contribution in [0.2, 0.25) is 0 Å². The van der Waals surface area contributed by atoms with Crippen molar-refractivity contribution in [2.75, 3.05) is 0 Å². The van der Waals surface area contributed by atoms with Gasteiger partial charge < -0.3 is 4.57 Å². The van der Waals surface area contributed by atoms with Crippen molar-refractivity contribution < 1.29 is 13.2 Å². The first-order chi connectivity index (χ1) is 6.36. The van der Waals surface area contributed by atoms with Gasteiger partial charge in [0.05, 0.1) is 5.56 Å². The summed E-state index contributed by atoms with van der Waals surface area (Å²) < 4.78 is 38.7. The van der Waals surface area contributed by atoms with E-state index in [0.717, 1.165) is 6.07 Å². The fourth-order valence-electron chi connectivity index (χ4n) is 1.08. The molecule has 0 aromatic carbocycles. The third-order valence-corrected chi connectivity index (χ3v) is 2.18. The van der Waals surface area contributed by atoms with Crippen LogP contribution in [0.25, 0.3) is 0 Å². The van der Waals surface area contributed by atoms with Crippen LogP contribution in [0, 0.1) is 5.41 Å². The highest BCUT2D eigenvalue weighted by atomic mass is 79.9. The molecule has 0 amide bonds. The van der Waals surface area contributed by atoms with E-state index in [1.54, 1.807) is 6.92 Å². The predicted octanol–water partition coefficient (Wildman–Crippen LogP) is 2.77. The standard InChI is InChI=1S/C8H8BrF3N2/c1-2-14-4-5(9)3-6(7(14)13)8(10,11)12/h3-4,13H,2H2,1H3. The quantitative estimate of drug-likeness (QED) is 0.812. The third kappa shape index (κ3) is 2.17. The second kappa shape index (κ2) is 3.76. The van der Waals surface area contributed by atoms with E-state index in [-0.39, 0.29) is 0 Å². The van der Waals surface area contributed by atoms with Crippen LogP contribution in [-0.4, -0.2) is 4.57 Å². The number of nitrogens with zero attached hydrogens (tertiary/aromatic N) is 1. The van der Waals surface area contributed by atoms with E-state index in [9.17, 15) is 13.2 Å². The Hall–Kier alpha value is -0.780. The Bertz CT molecular complexity index is 395. The number of hydrogen-bond donors (Lipinski definition) is 1.